The van der Waals surface area contributed by atoms with Gasteiger partial charge in [-0.15, -0.1) is 0 Å². The van der Waals surface area contributed by atoms with Gasteiger partial charge in [-0.25, -0.2) is 0 Å². The van der Waals surface area contributed by atoms with Crippen molar-refractivity contribution in [3.8, 4) is 0 Å². The number of pyridine rings is 1. The van der Waals surface area contributed by atoms with E-state index in [0.29, 0.717) is 13.0 Å². The fourth-order valence-corrected chi connectivity index (χ4v) is 2.46. The number of rotatable bonds is 7. The van der Waals surface area contributed by atoms with Crippen molar-refractivity contribution in [3.63, 3.8) is 0 Å². The first-order valence-electron chi connectivity index (χ1n) is 7.85. The van der Waals surface area contributed by atoms with Crippen LogP contribution in [0.5, 0.6) is 0 Å². The molecule has 1 saturated heterocycles. The summed E-state index contributed by atoms with van der Waals surface area (Å²) in [7, 11) is 0. The maximum Gasteiger partial charge on any atom is 0.223 e. The minimum absolute atomic E-state index is 0.197. The van der Waals surface area contributed by atoms with Crippen molar-refractivity contribution >= 4 is 5.91 Å². The van der Waals surface area contributed by atoms with Crippen LogP contribution in [0.4, 0.5) is 0 Å². The quantitative estimate of drug-likeness (QED) is 0.769. The minimum atomic E-state index is 0.197. The Bertz CT molecular complexity index is 419. The molecule has 5 heteroatoms. The maximum absolute atomic E-state index is 12.3. The largest absolute Gasteiger partial charge is 0.343 e. The summed E-state index contributed by atoms with van der Waals surface area (Å²) in [6, 6.07) is 5.89. The number of amides is 1. The van der Waals surface area contributed by atoms with E-state index in [4.69, 9.17) is 4.84 Å². The summed E-state index contributed by atoms with van der Waals surface area (Å²) in [4.78, 5) is 24.0. The predicted octanol–water partition coefficient (Wildman–Crippen LogP) is 1.89. The Morgan fingerprint density at radius 1 is 1.43 bits per heavy atom. The zero-order valence-corrected chi connectivity index (χ0v) is 12.8. The zero-order chi connectivity index (χ0) is 14.9. The summed E-state index contributed by atoms with van der Waals surface area (Å²) in [5, 5.41) is 1.92. The second-order valence-corrected chi connectivity index (χ2v) is 5.26. The van der Waals surface area contributed by atoms with Crippen molar-refractivity contribution in [2.24, 2.45) is 0 Å². The zero-order valence-electron chi connectivity index (χ0n) is 12.8. The number of nitrogens with zero attached hydrogens (tertiary/aromatic N) is 3. The SMILES string of the molecule is CCN(CCc1ccccn1)C(=O)CCN1CCCCO1. The Hall–Kier alpha value is -1.46. The molecule has 1 aromatic rings. The van der Waals surface area contributed by atoms with E-state index in [1.807, 2.05) is 35.1 Å². The lowest BCUT2D eigenvalue weighted by Crippen LogP contribution is -2.37. The van der Waals surface area contributed by atoms with E-state index < -0.39 is 0 Å². The summed E-state index contributed by atoms with van der Waals surface area (Å²) >= 11 is 0. The molecule has 0 N–H and O–H groups in total. The van der Waals surface area contributed by atoms with Crippen molar-refractivity contribution in [3.05, 3.63) is 30.1 Å². The van der Waals surface area contributed by atoms with Gasteiger partial charge in [0.15, 0.2) is 0 Å². The molecule has 0 aliphatic carbocycles. The number of carbonyl (C=O) groups is 1. The van der Waals surface area contributed by atoms with E-state index in [0.717, 1.165) is 51.2 Å². The molecule has 0 unspecified atom stereocenters. The van der Waals surface area contributed by atoms with Gasteiger partial charge in [0.1, 0.15) is 0 Å². The number of aromatic nitrogens is 1. The molecule has 0 bridgehead atoms. The van der Waals surface area contributed by atoms with Crippen molar-refractivity contribution in [2.75, 3.05) is 32.8 Å². The summed E-state index contributed by atoms with van der Waals surface area (Å²) in [5.41, 5.74) is 1.03. The molecular weight excluding hydrogens is 266 g/mol. The highest BCUT2D eigenvalue weighted by atomic mass is 16.7. The van der Waals surface area contributed by atoms with Crippen molar-refractivity contribution in [1.29, 1.82) is 0 Å². The first-order valence-corrected chi connectivity index (χ1v) is 7.85. The van der Waals surface area contributed by atoms with Gasteiger partial charge in [-0.3, -0.25) is 14.6 Å². The van der Waals surface area contributed by atoms with Crippen molar-refractivity contribution in [2.45, 2.75) is 32.6 Å². The van der Waals surface area contributed by atoms with Crippen LogP contribution >= 0.6 is 0 Å². The van der Waals surface area contributed by atoms with Crippen LogP contribution in [0, 0.1) is 0 Å². The summed E-state index contributed by atoms with van der Waals surface area (Å²) < 4.78 is 0. The highest BCUT2D eigenvalue weighted by molar-refractivity contribution is 5.76. The standard InChI is InChI=1S/C16H25N3O2/c1-2-18(12-8-15-7-3-4-10-17-15)16(20)9-13-19-11-5-6-14-21-19/h3-4,7,10H,2,5-6,8-9,11-14H2,1H3. The van der Waals surface area contributed by atoms with Gasteiger partial charge in [-0.05, 0) is 31.9 Å². The number of hydrogen-bond donors (Lipinski definition) is 0. The molecule has 0 spiro atoms. The molecule has 0 radical (unpaired) electrons. The number of hydrogen-bond acceptors (Lipinski definition) is 4. The van der Waals surface area contributed by atoms with Gasteiger partial charge < -0.3 is 4.90 Å². The average molecular weight is 291 g/mol. The second kappa shape index (κ2) is 8.74. The van der Waals surface area contributed by atoms with Gasteiger partial charge in [0.25, 0.3) is 0 Å². The Balaban J connectivity index is 1.73. The van der Waals surface area contributed by atoms with Gasteiger partial charge >= 0.3 is 0 Å². The monoisotopic (exact) mass is 291 g/mol. The van der Waals surface area contributed by atoms with Crippen molar-refractivity contribution in [1.82, 2.24) is 14.9 Å². The first-order chi connectivity index (χ1) is 10.3. The molecule has 1 aromatic heterocycles. The molecule has 0 atom stereocenters. The van der Waals surface area contributed by atoms with E-state index in [9.17, 15) is 4.79 Å². The Morgan fingerprint density at radius 2 is 2.33 bits per heavy atom. The van der Waals surface area contributed by atoms with Crippen LogP contribution in [0.3, 0.4) is 0 Å². The normalized spacial score (nSPS) is 15.9. The topological polar surface area (TPSA) is 45.7 Å². The lowest BCUT2D eigenvalue weighted by atomic mass is 10.2. The van der Waals surface area contributed by atoms with E-state index >= 15 is 0 Å². The molecule has 0 aromatic carbocycles. The van der Waals surface area contributed by atoms with Gasteiger partial charge in [-0.2, -0.15) is 5.06 Å². The third-order valence-corrected chi connectivity index (χ3v) is 3.75. The van der Waals surface area contributed by atoms with Gasteiger partial charge in [-0.1, -0.05) is 6.07 Å². The minimum Gasteiger partial charge on any atom is -0.343 e. The molecule has 2 rings (SSSR count). The molecule has 2 heterocycles. The van der Waals surface area contributed by atoms with E-state index in [-0.39, 0.29) is 5.91 Å². The highest BCUT2D eigenvalue weighted by Gasteiger charge is 2.16. The Kier molecular flexibility index (Phi) is 6.63. The van der Waals surface area contributed by atoms with Crippen LogP contribution in [-0.2, 0) is 16.1 Å². The molecule has 21 heavy (non-hydrogen) atoms. The van der Waals surface area contributed by atoms with E-state index in [1.54, 1.807) is 6.20 Å². The highest BCUT2D eigenvalue weighted by Crippen LogP contribution is 2.07. The Labute approximate surface area is 126 Å². The molecule has 1 aliphatic rings. The molecule has 1 fully saturated rings. The van der Waals surface area contributed by atoms with Crippen LogP contribution in [0.15, 0.2) is 24.4 Å². The van der Waals surface area contributed by atoms with Crippen LogP contribution in [-0.4, -0.2) is 53.6 Å². The van der Waals surface area contributed by atoms with Crippen molar-refractivity contribution < 1.29 is 9.63 Å². The maximum atomic E-state index is 12.3. The Morgan fingerprint density at radius 3 is 3.00 bits per heavy atom. The smallest absolute Gasteiger partial charge is 0.223 e. The third-order valence-electron chi connectivity index (χ3n) is 3.75. The van der Waals surface area contributed by atoms with Gasteiger partial charge in [0.2, 0.25) is 5.91 Å². The molecule has 0 saturated carbocycles. The third kappa shape index (κ3) is 5.44. The molecule has 5 nitrogen and oxygen atoms in total. The van der Waals surface area contributed by atoms with Gasteiger partial charge in [0.05, 0.1) is 6.61 Å². The van der Waals surface area contributed by atoms with Crippen LogP contribution in [0.25, 0.3) is 0 Å². The van der Waals surface area contributed by atoms with Crippen LogP contribution in [0.1, 0.15) is 31.9 Å². The summed E-state index contributed by atoms with van der Waals surface area (Å²) in [6.07, 6.45) is 5.40. The molecule has 1 aliphatic heterocycles. The van der Waals surface area contributed by atoms with Crippen LogP contribution < -0.4 is 0 Å². The first kappa shape index (κ1) is 15.9. The summed E-state index contributed by atoms with van der Waals surface area (Å²) in [5.74, 6) is 0.197. The average Bonchev–Trinajstić information content (AvgIpc) is 2.55. The number of carbonyl (C=O) groups excluding carboxylic acids is 1. The number of hydroxylamine groups is 2. The lowest BCUT2D eigenvalue weighted by Gasteiger charge is -2.27. The van der Waals surface area contributed by atoms with E-state index in [2.05, 4.69) is 4.98 Å². The fourth-order valence-electron chi connectivity index (χ4n) is 2.46. The summed E-state index contributed by atoms with van der Waals surface area (Å²) in [6.45, 7) is 5.91. The molecular formula is C16H25N3O2. The van der Waals surface area contributed by atoms with Gasteiger partial charge in [0, 0.05) is 50.9 Å². The number of likely N-dealkylation sites (N-methyl/N-ethyl adjacent to an activating group) is 1. The lowest BCUT2D eigenvalue weighted by molar-refractivity contribution is -0.182. The fraction of sp³-hybridized carbons (Fsp3) is 0.625. The molecule has 1 amide bonds. The van der Waals surface area contributed by atoms with E-state index in [1.165, 1.54) is 0 Å². The van der Waals surface area contributed by atoms with Crippen LogP contribution in [0.2, 0.25) is 0 Å². The second-order valence-electron chi connectivity index (χ2n) is 5.26. The predicted molar refractivity (Wildman–Crippen MR) is 81.6 cm³/mol. The molecule has 116 valence electrons.